The number of fused-ring (bicyclic) bond motifs is 1. The quantitative estimate of drug-likeness (QED) is 0.0104. The number of esters is 2. The number of phenolic OH excluding ortho intramolecular Hbond substituents is 1. The molecule has 0 spiro atoms. The van der Waals surface area contributed by atoms with E-state index in [1.54, 1.807) is 25.3 Å². The number of allylic oxidation sites excluding steroid dienone is 2. The van der Waals surface area contributed by atoms with Gasteiger partial charge in [-0.25, -0.2) is 24.7 Å². The number of ether oxygens (including phenoxy) is 3. The molecule has 5 amide bonds. The lowest BCUT2D eigenvalue weighted by Gasteiger charge is -2.30. The minimum atomic E-state index is -1.45. The number of hydrazine groups is 1. The number of aliphatic hydroxyl groups excluding tert-OH is 1. The van der Waals surface area contributed by atoms with E-state index in [0.29, 0.717) is 41.7 Å². The zero-order valence-corrected chi connectivity index (χ0v) is 38.1. The molecule has 24 heteroatoms. The number of unbranched alkanes of at least 4 members (excludes halogenated alkanes) is 1. The average molecular weight is 933 g/mol. The third-order valence-electron chi connectivity index (χ3n) is 11.1. The van der Waals surface area contributed by atoms with Gasteiger partial charge >= 0.3 is 11.9 Å². The number of hydrogen-bond acceptors (Lipinski definition) is 16. The van der Waals surface area contributed by atoms with Crippen molar-refractivity contribution in [2.45, 2.75) is 128 Å². The van der Waals surface area contributed by atoms with Gasteiger partial charge in [0.15, 0.2) is 11.1 Å². The Morgan fingerprint density at radius 2 is 1.76 bits per heavy atom. The van der Waals surface area contributed by atoms with Crippen molar-refractivity contribution in [2.24, 2.45) is 16.5 Å². The largest absolute Gasteiger partial charge is 0.507 e. The van der Waals surface area contributed by atoms with Gasteiger partial charge in [0.25, 0.3) is 5.96 Å². The molecule has 0 radical (unpaired) electrons. The molecule has 2 aliphatic heterocycles. The van der Waals surface area contributed by atoms with E-state index in [4.69, 9.17) is 25.7 Å². The molecule has 11 N–H and O–H groups in total. The van der Waals surface area contributed by atoms with Gasteiger partial charge in [-0.3, -0.25) is 24.0 Å². The normalized spacial score (nSPS) is 16.5. The van der Waals surface area contributed by atoms with Crippen LogP contribution in [0.4, 0.5) is 0 Å². The van der Waals surface area contributed by atoms with Crippen LogP contribution >= 0.6 is 0 Å². The number of rotatable bonds is 26. The average Bonchev–Trinajstić information content (AvgIpc) is 3.92. The number of phenols is 1. The predicted octanol–water partition coefficient (Wildman–Crippen LogP) is -0.841. The SMILES string of the molecule is COC(=O)[C@@H](NC(=O)[C@H](CCCCNC(=O)CCN)NC(=O)[C@@H]1CCCN1C(=O)[C@H](CCCN=C(N)N[N+](=O)[O-])NC(=O)CC/C(C)=C/Cc1c(O)c2c(c(C)c1OC)COC2=O)[C@@H](C)O. The summed E-state index contributed by atoms with van der Waals surface area (Å²) in [5.41, 5.74) is 15.1. The summed E-state index contributed by atoms with van der Waals surface area (Å²) >= 11 is 0. The number of hydrogen-bond donors (Lipinski definition) is 9. The highest BCUT2D eigenvalue weighted by atomic mass is 16.7. The predicted molar refractivity (Wildman–Crippen MR) is 236 cm³/mol. The molecule has 2 heterocycles. The molecule has 0 aromatic heterocycles. The Bertz CT molecular complexity index is 2010. The number of guanidine groups is 1. The smallest absolute Gasteiger partial charge is 0.342 e. The van der Waals surface area contributed by atoms with E-state index in [1.807, 2.05) is 0 Å². The Hall–Kier alpha value is -6.56. The minimum absolute atomic E-state index is 0.000224. The molecule has 24 nitrogen and oxygen atoms in total. The molecule has 3 rings (SSSR count). The van der Waals surface area contributed by atoms with Gasteiger partial charge in [0.2, 0.25) is 29.5 Å². The van der Waals surface area contributed by atoms with E-state index in [2.05, 4.69) is 26.3 Å². The van der Waals surface area contributed by atoms with Gasteiger partial charge < -0.3 is 62.1 Å². The molecule has 2 aliphatic rings. The van der Waals surface area contributed by atoms with E-state index in [-0.39, 0.29) is 101 Å². The van der Waals surface area contributed by atoms with E-state index in [1.165, 1.54) is 18.9 Å². The number of nitrogens with zero attached hydrogens (tertiary/aromatic N) is 3. The number of aliphatic hydroxyl groups is 1. The van der Waals surface area contributed by atoms with Crippen molar-refractivity contribution in [1.82, 2.24) is 31.6 Å². The van der Waals surface area contributed by atoms with Gasteiger partial charge in [0.1, 0.15) is 41.8 Å². The number of aliphatic imine (C=N–C) groups is 1. The van der Waals surface area contributed by atoms with Crippen molar-refractivity contribution in [3.63, 3.8) is 0 Å². The lowest BCUT2D eigenvalue weighted by Crippen LogP contribution is -2.58. The first-order valence-corrected chi connectivity index (χ1v) is 21.7. The number of carbonyl (C=O) groups excluding carboxylic acids is 7. The fourth-order valence-corrected chi connectivity index (χ4v) is 7.58. The molecule has 5 atom stereocenters. The van der Waals surface area contributed by atoms with Crippen LogP contribution in [-0.4, -0.2) is 138 Å². The van der Waals surface area contributed by atoms with Crippen LogP contribution in [0.5, 0.6) is 11.5 Å². The van der Waals surface area contributed by atoms with Gasteiger partial charge in [-0.2, -0.15) is 0 Å². The number of nitrogens with two attached hydrogens (primary N) is 2. The monoisotopic (exact) mass is 932 g/mol. The van der Waals surface area contributed by atoms with Crippen molar-refractivity contribution < 1.29 is 63.0 Å². The Labute approximate surface area is 382 Å². The Morgan fingerprint density at radius 3 is 2.41 bits per heavy atom. The second-order valence-electron chi connectivity index (χ2n) is 16.0. The number of nitro groups is 1. The number of methoxy groups -OCH3 is 2. The molecule has 1 aromatic carbocycles. The van der Waals surface area contributed by atoms with Crippen LogP contribution in [-0.2, 0) is 51.3 Å². The van der Waals surface area contributed by atoms with Gasteiger partial charge in [0, 0.05) is 50.1 Å². The third-order valence-corrected chi connectivity index (χ3v) is 11.1. The first kappa shape index (κ1) is 53.8. The molecule has 66 heavy (non-hydrogen) atoms. The summed E-state index contributed by atoms with van der Waals surface area (Å²) < 4.78 is 15.4. The summed E-state index contributed by atoms with van der Waals surface area (Å²) in [5, 5.41) is 41.6. The maximum atomic E-state index is 14.3. The lowest BCUT2D eigenvalue weighted by atomic mass is 9.94. The van der Waals surface area contributed by atoms with Crippen LogP contribution in [0.1, 0.15) is 105 Å². The van der Waals surface area contributed by atoms with Gasteiger partial charge in [-0.1, -0.05) is 17.1 Å². The maximum absolute atomic E-state index is 14.3. The maximum Gasteiger partial charge on any atom is 0.342 e. The number of aromatic hydroxyl groups is 1. The zero-order valence-electron chi connectivity index (χ0n) is 38.1. The van der Waals surface area contributed by atoms with E-state index < -0.39 is 76.8 Å². The van der Waals surface area contributed by atoms with Crippen LogP contribution < -0.4 is 42.9 Å². The molecule has 0 saturated carbocycles. The molecule has 0 unspecified atom stereocenters. The summed E-state index contributed by atoms with van der Waals surface area (Å²) in [6.07, 6.45) is 2.45. The lowest BCUT2D eigenvalue weighted by molar-refractivity contribution is -0.525. The van der Waals surface area contributed by atoms with E-state index in [9.17, 15) is 53.9 Å². The van der Waals surface area contributed by atoms with Crippen LogP contribution in [0.25, 0.3) is 0 Å². The molecular formula is C42H64N10O14. The minimum Gasteiger partial charge on any atom is -0.507 e. The highest BCUT2D eigenvalue weighted by molar-refractivity contribution is 5.98. The molecule has 1 fully saturated rings. The molecular weight excluding hydrogens is 869 g/mol. The van der Waals surface area contributed by atoms with E-state index >= 15 is 0 Å². The summed E-state index contributed by atoms with van der Waals surface area (Å²) in [6.45, 7) is 5.36. The molecule has 1 aromatic rings. The molecule has 0 aliphatic carbocycles. The van der Waals surface area contributed by atoms with Crippen LogP contribution in [0.2, 0.25) is 0 Å². The summed E-state index contributed by atoms with van der Waals surface area (Å²) in [7, 11) is 2.54. The zero-order chi connectivity index (χ0) is 49.1. The van der Waals surface area contributed by atoms with Crippen molar-refractivity contribution in [1.29, 1.82) is 0 Å². The second kappa shape index (κ2) is 26.4. The van der Waals surface area contributed by atoms with Gasteiger partial charge in [-0.05, 0) is 84.1 Å². The van der Waals surface area contributed by atoms with Gasteiger partial charge in [-0.15, -0.1) is 0 Å². The molecule has 1 saturated heterocycles. The van der Waals surface area contributed by atoms with Crippen LogP contribution in [0, 0.1) is 17.0 Å². The van der Waals surface area contributed by atoms with Crippen LogP contribution in [0.3, 0.4) is 0 Å². The fourth-order valence-electron chi connectivity index (χ4n) is 7.58. The number of amides is 5. The second-order valence-corrected chi connectivity index (χ2v) is 16.0. The van der Waals surface area contributed by atoms with E-state index in [0.717, 1.165) is 12.7 Å². The first-order valence-electron chi connectivity index (χ1n) is 21.7. The summed E-state index contributed by atoms with van der Waals surface area (Å²) in [6, 6.07) is -4.94. The third kappa shape index (κ3) is 15.6. The Balaban J connectivity index is 1.78. The van der Waals surface area contributed by atoms with Crippen molar-refractivity contribution in [2.75, 3.05) is 40.4 Å². The highest BCUT2D eigenvalue weighted by Gasteiger charge is 2.39. The molecule has 366 valence electrons. The number of benzene rings is 1. The first-order chi connectivity index (χ1) is 31.3. The van der Waals surface area contributed by atoms with Crippen molar-refractivity contribution >= 4 is 47.4 Å². The Kier molecular flexibility index (Phi) is 21.5. The standard InChI is InChI=1S/C42H64N10O14/c1-23(13-15-26-35(56)33-27(22-66-40(33)60)24(2)36(26)64-4)14-16-32(55)47-29(11-8-20-46-42(44)50-52(62)63)39(59)51-21-9-12-30(51)38(58)48-28(10-6-7-19-45-31(54)17-18-43)37(57)49-34(25(3)53)41(61)65-5/h13,25,28-30,34,53,56H,6-12,14-22,43H2,1-5H3,(H,45,54)(H,47,55)(H,48,58)(H,49,57)(H3,44,46,50)/b23-13+/t25-,28+,29+,30+,34+/m1/s1. The molecule has 0 bridgehead atoms. The van der Waals surface area contributed by atoms with Crippen LogP contribution in [0.15, 0.2) is 16.6 Å². The van der Waals surface area contributed by atoms with Crippen molar-refractivity contribution in [3.8, 4) is 11.5 Å². The topological polar surface area (TPSA) is 359 Å². The number of cyclic esters (lactones) is 1. The summed E-state index contributed by atoms with van der Waals surface area (Å²) in [4.78, 5) is 108. The highest BCUT2D eigenvalue weighted by Crippen LogP contribution is 2.42. The Morgan fingerprint density at radius 1 is 1.05 bits per heavy atom. The fraction of sp³-hybridized carbons (Fsp3) is 0.619. The number of nitrogens with one attached hydrogen (secondary N) is 5. The van der Waals surface area contributed by atoms with Crippen molar-refractivity contribution in [3.05, 3.63) is 44.0 Å². The van der Waals surface area contributed by atoms with Gasteiger partial charge in [0.05, 0.1) is 20.3 Å². The number of carbonyl (C=O) groups is 7. The number of likely N-dealkylation sites (tertiary alicyclic amines) is 1. The summed E-state index contributed by atoms with van der Waals surface area (Å²) in [5.74, 6) is -4.69.